The van der Waals surface area contributed by atoms with Gasteiger partial charge in [-0.05, 0) is 24.7 Å². The average Bonchev–Trinajstić information content (AvgIpc) is 2.40. The zero-order valence-electron chi connectivity index (χ0n) is 7.22. The molecule has 0 saturated heterocycles. The maximum atomic E-state index is 9.70. The highest BCUT2D eigenvalue weighted by Crippen LogP contribution is 2.47. The van der Waals surface area contributed by atoms with Gasteiger partial charge in [-0.1, -0.05) is 27.2 Å². The Morgan fingerprint density at radius 3 is 2.50 bits per heavy atom. The summed E-state index contributed by atoms with van der Waals surface area (Å²) >= 11 is 0. The molecule has 0 aromatic carbocycles. The topological polar surface area (TPSA) is 20.2 Å². The highest BCUT2D eigenvalue weighted by Gasteiger charge is 2.49. The van der Waals surface area contributed by atoms with Crippen molar-refractivity contribution in [3.63, 3.8) is 0 Å². The van der Waals surface area contributed by atoms with Crippen LogP contribution in [0.4, 0.5) is 0 Å². The second kappa shape index (κ2) is 2.54. The van der Waals surface area contributed by atoms with Crippen LogP contribution >= 0.6 is 0 Å². The summed E-state index contributed by atoms with van der Waals surface area (Å²) in [6.45, 7) is 6.52. The molecule has 0 amide bonds. The van der Waals surface area contributed by atoms with Crippen molar-refractivity contribution in [2.75, 3.05) is 0 Å². The molecule has 1 heteroatoms. The van der Waals surface area contributed by atoms with Gasteiger partial charge in [0.2, 0.25) is 0 Å². The zero-order valence-corrected chi connectivity index (χ0v) is 7.22. The number of hydrogen-bond donors (Lipinski definition) is 1. The lowest BCUT2D eigenvalue weighted by atomic mass is 9.99. The first-order valence-electron chi connectivity index (χ1n) is 4.31. The number of hydrogen-bond acceptors (Lipinski definition) is 1. The Kier molecular flexibility index (Phi) is 2.04. The smallest absolute Gasteiger partial charge is 0.0680 e. The Bertz CT molecular complexity index is 122. The molecule has 10 heavy (non-hydrogen) atoms. The summed E-state index contributed by atoms with van der Waals surface area (Å²) in [5, 5.41) is 9.70. The second-order valence-corrected chi connectivity index (χ2v) is 3.93. The highest BCUT2D eigenvalue weighted by atomic mass is 16.3. The highest BCUT2D eigenvalue weighted by molar-refractivity contribution is 5.01. The molecule has 1 rings (SSSR count). The van der Waals surface area contributed by atoms with Gasteiger partial charge in [0.1, 0.15) is 0 Å². The van der Waals surface area contributed by atoms with Crippen LogP contribution in [0.25, 0.3) is 0 Å². The Balaban J connectivity index is 2.26. The van der Waals surface area contributed by atoms with Crippen LogP contribution in [-0.2, 0) is 0 Å². The molecular formula is C9H18O. The SMILES string of the molecule is CCC(C)CC1(O)CC1C. The van der Waals surface area contributed by atoms with E-state index in [9.17, 15) is 5.11 Å². The maximum Gasteiger partial charge on any atom is 0.0680 e. The average molecular weight is 142 g/mol. The van der Waals surface area contributed by atoms with Crippen molar-refractivity contribution in [3.8, 4) is 0 Å². The van der Waals surface area contributed by atoms with Gasteiger partial charge in [-0.25, -0.2) is 0 Å². The van der Waals surface area contributed by atoms with Crippen LogP contribution in [0.15, 0.2) is 0 Å². The Labute approximate surface area is 63.4 Å². The quantitative estimate of drug-likeness (QED) is 0.640. The van der Waals surface area contributed by atoms with Crippen molar-refractivity contribution in [1.29, 1.82) is 0 Å². The van der Waals surface area contributed by atoms with Crippen molar-refractivity contribution in [2.24, 2.45) is 11.8 Å². The van der Waals surface area contributed by atoms with Crippen LogP contribution in [0, 0.1) is 11.8 Å². The van der Waals surface area contributed by atoms with Gasteiger partial charge >= 0.3 is 0 Å². The van der Waals surface area contributed by atoms with E-state index in [2.05, 4.69) is 20.8 Å². The van der Waals surface area contributed by atoms with Crippen molar-refractivity contribution < 1.29 is 5.11 Å². The monoisotopic (exact) mass is 142 g/mol. The molecule has 1 aliphatic rings. The van der Waals surface area contributed by atoms with Crippen molar-refractivity contribution in [3.05, 3.63) is 0 Å². The minimum Gasteiger partial charge on any atom is -0.390 e. The molecular weight excluding hydrogens is 124 g/mol. The third kappa shape index (κ3) is 1.51. The van der Waals surface area contributed by atoms with Crippen molar-refractivity contribution >= 4 is 0 Å². The number of aliphatic hydroxyl groups is 1. The lowest BCUT2D eigenvalue weighted by molar-refractivity contribution is 0.105. The van der Waals surface area contributed by atoms with E-state index in [1.54, 1.807) is 0 Å². The standard InChI is InChI=1S/C9H18O/c1-4-7(2)5-9(10)6-8(9)3/h7-8,10H,4-6H2,1-3H3. The van der Waals surface area contributed by atoms with Gasteiger partial charge < -0.3 is 5.11 Å². The van der Waals surface area contributed by atoms with Gasteiger partial charge in [-0.3, -0.25) is 0 Å². The fraction of sp³-hybridized carbons (Fsp3) is 1.00. The molecule has 60 valence electrons. The van der Waals surface area contributed by atoms with E-state index < -0.39 is 0 Å². The molecule has 1 saturated carbocycles. The van der Waals surface area contributed by atoms with Crippen LogP contribution in [0.2, 0.25) is 0 Å². The summed E-state index contributed by atoms with van der Waals surface area (Å²) < 4.78 is 0. The number of rotatable bonds is 3. The molecule has 0 spiro atoms. The van der Waals surface area contributed by atoms with E-state index in [1.165, 1.54) is 6.42 Å². The van der Waals surface area contributed by atoms with Gasteiger partial charge in [-0.2, -0.15) is 0 Å². The lowest BCUT2D eigenvalue weighted by Gasteiger charge is -2.13. The Hall–Kier alpha value is -0.0400. The maximum absolute atomic E-state index is 9.70. The summed E-state index contributed by atoms with van der Waals surface area (Å²) in [6.07, 6.45) is 3.22. The zero-order chi connectivity index (χ0) is 7.78. The molecule has 0 aromatic rings. The first-order chi connectivity index (χ1) is 4.58. The summed E-state index contributed by atoms with van der Waals surface area (Å²) in [5.41, 5.74) is -0.268. The minimum atomic E-state index is -0.268. The molecule has 0 aromatic heterocycles. The normalized spacial score (nSPS) is 41.4. The Morgan fingerprint density at radius 1 is 1.70 bits per heavy atom. The van der Waals surface area contributed by atoms with Gasteiger partial charge in [0.15, 0.2) is 0 Å². The van der Waals surface area contributed by atoms with E-state index in [0.717, 1.165) is 12.8 Å². The first-order valence-corrected chi connectivity index (χ1v) is 4.31. The van der Waals surface area contributed by atoms with Crippen molar-refractivity contribution in [1.82, 2.24) is 0 Å². The van der Waals surface area contributed by atoms with Crippen LogP contribution in [0.5, 0.6) is 0 Å². The molecule has 0 radical (unpaired) electrons. The Morgan fingerprint density at radius 2 is 2.20 bits per heavy atom. The van der Waals surface area contributed by atoms with Gasteiger partial charge in [0.25, 0.3) is 0 Å². The molecule has 1 N–H and O–H groups in total. The third-order valence-corrected chi connectivity index (χ3v) is 2.82. The van der Waals surface area contributed by atoms with Gasteiger partial charge in [0.05, 0.1) is 5.60 Å². The molecule has 0 aliphatic heterocycles. The van der Waals surface area contributed by atoms with E-state index in [4.69, 9.17) is 0 Å². The largest absolute Gasteiger partial charge is 0.390 e. The first kappa shape index (κ1) is 8.06. The summed E-state index contributed by atoms with van der Waals surface area (Å²) in [5.74, 6) is 1.25. The molecule has 1 nitrogen and oxygen atoms in total. The predicted octanol–water partition coefficient (Wildman–Crippen LogP) is 2.19. The molecule has 1 aliphatic carbocycles. The fourth-order valence-electron chi connectivity index (χ4n) is 1.50. The van der Waals surface area contributed by atoms with E-state index in [1.807, 2.05) is 0 Å². The van der Waals surface area contributed by atoms with Crippen LogP contribution in [0.3, 0.4) is 0 Å². The third-order valence-electron chi connectivity index (χ3n) is 2.82. The summed E-state index contributed by atoms with van der Waals surface area (Å²) in [4.78, 5) is 0. The summed E-state index contributed by atoms with van der Waals surface area (Å²) in [6, 6.07) is 0. The molecule has 0 bridgehead atoms. The van der Waals surface area contributed by atoms with Crippen LogP contribution in [0.1, 0.15) is 40.0 Å². The van der Waals surface area contributed by atoms with Crippen molar-refractivity contribution in [2.45, 2.75) is 45.6 Å². The minimum absolute atomic E-state index is 0.268. The lowest BCUT2D eigenvalue weighted by Crippen LogP contribution is -2.14. The van der Waals surface area contributed by atoms with Gasteiger partial charge in [-0.15, -0.1) is 0 Å². The molecule has 3 atom stereocenters. The van der Waals surface area contributed by atoms with Gasteiger partial charge in [0, 0.05) is 0 Å². The fourth-order valence-corrected chi connectivity index (χ4v) is 1.50. The molecule has 3 unspecified atom stereocenters. The van der Waals surface area contributed by atoms with E-state index in [0.29, 0.717) is 11.8 Å². The second-order valence-electron chi connectivity index (χ2n) is 3.93. The summed E-state index contributed by atoms with van der Waals surface area (Å²) in [7, 11) is 0. The predicted molar refractivity (Wildman–Crippen MR) is 42.8 cm³/mol. The van der Waals surface area contributed by atoms with E-state index >= 15 is 0 Å². The van der Waals surface area contributed by atoms with Crippen LogP contribution in [-0.4, -0.2) is 10.7 Å². The van der Waals surface area contributed by atoms with E-state index in [-0.39, 0.29) is 5.60 Å². The molecule has 1 fully saturated rings. The van der Waals surface area contributed by atoms with Crippen LogP contribution < -0.4 is 0 Å². The molecule has 0 heterocycles.